The van der Waals surface area contributed by atoms with Crippen LogP contribution in [0.15, 0.2) is 12.2 Å². The normalized spacial score (nSPS) is 38.1. The molecule has 0 bridgehead atoms. The van der Waals surface area contributed by atoms with Crippen LogP contribution in [-0.2, 0) is 14.3 Å². The minimum atomic E-state index is -0.537. The quantitative estimate of drug-likeness (QED) is 0.481. The summed E-state index contributed by atoms with van der Waals surface area (Å²) in [7, 11) is 0. The van der Waals surface area contributed by atoms with Crippen molar-refractivity contribution in [3.05, 3.63) is 12.2 Å². The van der Waals surface area contributed by atoms with E-state index in [2.05, 4.69) is 34.3 Å². The van der Waals surface area contributed by atoms with Crippen LogP contribution in [0.2, 0.25) is 0 Å². The highest BCUT2D eigenvalue weighted by molar-refractivity contribution is 5.88. The lowest BCUT2D eigenvalue weighted by atomic mass is 9.47. The lowest BCUT2D eigenvalue weighted by molar-refractivity contribution is -0.177. The number of esters is 1. The Morgan fingerprint density at radius 2 is 2.04 bits per heavy atom. The summed E-state index contributed by atoms with van der Waals surface area (Å²) >= 11 is 0. The molecule has 142 valence electrons. The fourth-order valence-corrected chi connectivity index (χ4v) is 5.51. The predicted molar refractivity (Wildman–Crippen MR) is 101 cm³/mol. The summed E-state index contributed by atoms with van der Waals surface area (Å²) in [6, 6.07) is 0. The summed E-state index contributed by atoms with van der Waals surface area (Å²) in [6.45, 7) is 14.7. The molecule has 0 aromatic heterocycles. The van der Waals surface area contributed by atoms with Gasteiger partial charge in [-0.05, 0) is 70.1 Å². The highest BCUT2D eigenvalue weighted by Crippen LogP contribution is 2.59. The molecule has 0 amide bonds. The first-order chi connectivity index (χ1) is 11.7. The zero-order valence-electron chi connectivity index (χ0n) is 16.8. The van der Waals surface area contributed by atoms with E-state index in [1.807, 2.05) is 6.92 Å². The van der Waals surface area contributed by atoms with Gasteiger partial charge in [-0.2, -0.15) is 0 Å². The molecular formula is C22H36O3. The van der Waals surface area contributed by atoms with Gasteiger partial charge in [0.05, 0.1) is 12.0 Å². The molecule has 2 aliphatic rings. The number of hydrogen-bond donors (Lipinski definition) is 0. The van der Waals surface area contributed by atoms with Gasteiger partial charge in [0.15, 0.2) is 0 Å². The molecule has 0 N–H and O–H groups in total. The van der Waals surface area contributed by atoms with E-state index in [9.17, 15) is 9.59 Å². The van der Waals surface area contributed by atoms with E-state index in [0.29, 0.717) is 18.8 Å². The number of hydrogen-bond acceptors (Lipinski definition) is 3. The van der Waals surface area contributed by atoms with E-state index in [1.54, 1.807) is 0 Å². The average Bonchev–Trinajstić information content (AvgIpc) is 2.52. The fourth-order valence-electron chi connectivity index (χ4n) is 5.51. The maximum atomic E-state index is 13.1. The first-order valence-corrected chi connectivity index (χ1v) is 10.0. The minimum Gasteiger partial charge on any atom is -0.466 e. The van der Waals surface area contributed by atoms with Crippen LogP contribution in [0.1, 0.15) is 79.6 Å². The Morgan fingerprint density at radius 1 is 1.36 bits per heavy atom. The second kappa shape index (κ2) is 7.63. The van der Waals surface area contributed by atoms with Crippen molar-refractivity contribution in [2.75, 3.05) is 6.61 Å². The summed E-state index contributed by atoms with van der Waals surface area (Å²) in [5, 5.41) is 0. The van der Waals surface area contributed by atoms with Crippen molar-refractivity contribution in [3.8, 4) is 0 Å². The molecule has 25 heavy (non-hydrogen) atoms. The zero-order chi connectivity index (χ0) is 18.8. The molecule has 0 heterocycles. The van der Waals surface area contributed by atoms with Crippen LogP contribution in [0.5, 0.6) is 0 Å². The van der Waals surface area contributed by atoms with Crippen molar-refractivity contribution in [2.45, 2.75) is 79.6 Å². The van der Waals surface area contributed by atoms with Gasteiger partial charge in [0, 0.05) is 12.3 Å². The van der Waals surface area contributed by atoms with Gasteiger partial charge in [-0.3, -0.25) is 9.59 Å². The maximum Gasteiger partial charge on any atom is 0.312 e. The maximum absolute atomic E-state index is 13.1. The first kappa shape index (κ1) is 20.2. The number of fused-ring (bicyclic) bond motifs is 1. The Hall–Kier alpha value is -1.12. The third-order valence-electron chi connectivity index (χ3n) is 7.13. The fraction of sp³-hybridized carbons (Fsp3) is 0.818. The summed E-state index contributed by atoms with van der Waals surface area (Å²) in [5.74, 6) is 0.439. The SMILES string of the molecule is C=C(C)CCC[C@@]1(C)CCC[C@H]2[C@H]1C(=O)C[C@H](C)[C@]2(C)C(=O)OCC. The lowest BCUT2D eigenvalue weighted by Gasteiger charge is -2.55. The van der Waals surface area contributed by atoms with Gasteiger partial charge in [0.2, 0.25) is 0 Å². The van der Waals surface area contributed by atoms with Crippen molar-refractivity contribution >= 4 is 11.8 Å². The topological polar surface area (TPSA) is 43.4 Å². The Labute approximate surface area is 153 Å². The van der Waals surface area contributed by atoms with Gasteiger partial charge in [-0.1, -0.05) is 25.8 Å². The lowest BCUT2D eigenvalue weighted by Crippen LogP contribution is -2.57. The van der Waals surface area contributed by atoms with Crippen LogP contribution in [0.25, 0.3) is 0 Å². The zero-order valence-corrected chi connectivity index (χ0v) is 16.8. The summed E-state index contributed by atoms with van der Waals surface area (Å²) in [5.41, 5.74) is 0.671. The molecular weight excluding hydrogens is 312 g/mol. The van der Waals surface area contributed by atoms with Gasteiger partial charge < -0.3 is 4.74 Å². The van der Waals surface area contributed by atoms with Crippen LogP contribution < -0.4 is 0 Å². The van der Waals surface area contributed by atoms with Crippen molar-refractivity contribution in [1.29, 1.82) is 0 Å². The van der Waals surface area contributed by atoms with Crippen LogP contribution in [0.4, 0.5) is 0 Å². The van der Waals surface area contributed by atoms with Gasteiger partial charge >= 0.3 is 5.97 Å². The number of ketones is 1. The average molecular weight is 349 g/mol. The van der Waals surface area contributed by atoms with Crippen molar-refractivity contribution in [1.82, 2.24) is 0 Å². The molecule has 0 spiro atoms. The molecule has 0 radical (unpaired) electrons. The standard InChI is InChI=1S/C22H36O3/c1-7-25-20(24)22(6)16(4)14-18(23)19-17(22)11-9-13-21(19,5)12-8-10-15(2)3/h16-17,19H,2,7-14H2,1,3-6H3/t16-,17-,19-,21-,22-/m0/s1. The Bertz CT molecular complexity index is 537. The van der Waals surface area contributed by atoms with Crippen LogP contribution in [-0.4, -0.2) is 18.4 Å². The van der Waals surface area contributed by atoms with Gasteiger partial charge in [0.1, 0.15) is 5.78 Å². The molecule has 2 rings (SSSR count). The monoisotopic (exact) mass is 348 g/mol. The molecule has 0 aromatic carbocycles. The van der Waals surface area contributed by atoms with E-state index in [0.717, 1.165) is 38.5 Å². The molecule has 5 atom stereocenters. The van der Waals surface area contributed by atoms with E-state index < -0.39 is 5.41 Å². The van der Waals surface area contributed by atoms with Crippen molar-refractivity contribution in [3.63, 3.8) is 0 Å². The molecule has 0 unspecified atom stereocenters. The molecule has 2 aliphatic carbocycles. The molecule has 0 aromatic rings. The van der Waals surface area contributed by atoms with Gasteiger partial charge in [0.25, 0.3) is 0 Å². The molecule has 0 saturated heterocycles. The number of Topliss-reactive ketones (excluding diaryl/α,β-unsaturated/α-hetero) is 1. The van der Waals surface area contributed by atoms with Crippen molar-refractivity contribution in [2.24, 2.45) is 28.6 Å². The Morgan fingerprint density at radius 3 is 2.64 bits per heavy atom. The molecule has 3 nitrogen and oxygen atoms in total. The smallest absolute Gasteiger partial charge is 0.312 e. The second-order valence-electron chi connectivity index (χ2n) is 9.02. The van der Waals surface area contributed by atoms with Crippen LogP contribution in [0.3, 0.4) is 0 Å². The summed E-state index contributed by atoms with van der Waals surface area (Å²) < 4.78 is 5.46. The van der Waals surface area contributed by atoms with E-state index in [-0.39, 0.29) is 29.1 Å². The molecule has 3 heteroatoms. The predicted octanol–water partition coefficient (Wildman–Crippen LogP) is 5.33. The summed E-state index contributed by atoms with van der Waals surface area (Å²) in [4.78, 5) is 25.9. The Kier molecular flexibility index (Phi) is 6.17. The minimum absolute atomic E-state index is 0.00280. The van der Waals surface area contributed by atoms with Crippen LogP contribution >= 0.6 is 0 Å². The highest BCUT2D eigenvalue weighted by Gasteiger charge is 2.60. The number of carbonyl (C=O) groups excluding carboxylic acids is 2. The summed E-state index contributed by atoms with van der Waals surface area (Å²) in [6.07, 6.45) is 6.79. The third kappa shape index (κ3) is 3.71. The third-order valence-corrected chi connectivity index (χ3v) is 7.13. The van der Waals surface area contributed by atoms with E-state index in [1.165, 1.54) is 5.57 Å². The number of ether oxygens (including phenoxy) is 1. The number of rotatable bonds is 6. The largest absolute Gasteiger partial charge is 0.466 e. The second-order valence-corrected chi connectivity index (χ2v) is 9.02. The number of carbonyl (C=O) groups is 2. The number of allylic oxidation sites excluding steroid dienone is 1. The van der Waals surface area contributed by atoms with Gasteiger partial charge in [-0.25, -0.2) is 0 Å². The van der Waals surface area contributed by atoms with E-state index in [4.69, 9.17) is 4.74 Å². The van der Waals surface area contributed by atoms with E-state index >= 15 is 0 Å². The first-order valence-electron chi connectivity index (χ1n) is 10.0. The molecule has 2 fully saturated rings. The molecule has 2 saturated carbocycles. The van der Waals surface area contributed by atoms with Crippen molar-refractivity contribution < 1.29 is 14.3 Å². The molecule has 0 aliphatic heterocycles. The van der Waals surface area contributed by atoms with Gasteiger partial charge in [-0.15, -0.1) is 6.58 Å². The highest BCUT2D eigenvalue weighted by atomic mass is 16.5. The Balaban J connectivity index is 2.31. The van der Waals surface area contributed by atoms with Crippen LogP contribution in [0, 0.1) is 28.6 Å².